The molecule has 1 amide bonds. The predicted octanol–water partition coefficient (Wildman–Crippen LogP) is 0.884. The molecule has 0 saturated carbocycles. The molecule has 20 heavy (non-hydrogen) atoms. The van der Waals surface area contributed by atoms with E-state index in [4.69, 9.17) is 10.5 Å². The maximum atomic E-state index is 12.5. The van der Waals surface area contributed by atoms with Crippen LogP contribution in [0.1, 0.15) is 39.5 Å². The minimum Gasteiger partial charge on any atom is -0.384 e. The Morgan fingerprint density at radius 2 is 1.95 bits per heavy atom. The number of rotatable bonds is 8. The Balaban J connectivity index is 2.64. The van der Waals surface area contributed by atoms with Gasteiger partial charge in [0.15, 0.2) is 0 Å². The first-order chi connectivity index (χ1) is 9.58. The van der Waals surface area contributed by atoms with Crippen molar-refractivity contribution in [1.82, 2.24) is 10.6 Å². The maximum absolute atomic E-state index is 12.5. The Bertz CT molecular complexity index is 284. The average molecular weight is 285 g/mol. The van der Waals surface area contributed by atoms with Gasteiger partial charge in [0.05, 0.1) is 12.0 Å². The van der Waals surface area contributed by atoms with Gasteiger partial charge in [-0.05, 0) is 38.8 Å². The van der Waals surface area contributed by atoms with Gasteiger partial charge in [-0.3, -0.25) is 4.79 Å². The minimum atomic E-state index is -0.415. The van der Waals surface area contributed by atoms with Gasteiger partial charge in [-0.2, -0.15) is 0 Å². The molecule has 1 aliphatic rings. The van der Waals surface area contributed by atoms with E-state index in [9.17, 15) is 4.79 Å². The van der Waals surface area contributed by atoms with Crippen LogP contribution in [0.25, 0.3) is 0 Å². The van der Waals surface area contributed by atoms with Crippen LogP contribution in [0.4, 0.5) is 0 Å². The summed E-state index contributed by atoms with van der Waals surface area (Å²) in [6.07, 6.45) is 3.64. The second kappa shape index (κ2) is 7.96. The fourth-order valence-electron chi connectivity index (χ4n) is 3.04. The Morgan fingerprint density at radius 3 is 2.40 bits per heavy atom. The molecule has 0 spiro atoms. The van der Waals surface area contributed by atoms with Gasteiger partial charge >= 0.3 is 0 Å². The first-order valence-corrected chi connectivity index (χ1v) is 7.76. The van der Waals surface area contributed by atoms with E-state index >= 15 is 0 Å². The summed E-state index contributed by atoms with van der Waals surface area (Å²) >= 11 is 0. The van der Waals surface area contributed by atoms with Crippen molar-refractivity contribution in [2.75, 3.05) is 39.9 Å². The molecular weight excluding hydrogens is 254 g/mol. The SMILES string of the molecule is CCC(CC)(CN)C(=O)NCC1(COC)CCNCC1. The summed E-state index contributed by atoms with van der Waals surface area (Å²) in [7, 11) is 1.73. The molecule has 0 aromatic rings. The fraction of sp³-hybridized carbons (Fsp3) is 0.933. The molecule has 118 valence electrons. The number of amides is 1. The van der Waals surface area contributed by atoms with Gasteiger partial charge in [-0.15, -0.1) is 0 Å². The number of hydrogen-bond donors (Lipinski definition) is 3. The van der Waals surface area contributed by atoms with Crippen LogP contribution in [0.5, 0.6) is 0 Å². The fourth-order valence-corrected chi connectivity index (χ4v) is 3.04. The van der Waals surface area contributed by atoms with E-state index in [1.165, 1.54) is 0 Å². The molecule has 1 fully saturated rings. The Hall–Kier alpha value is -0.650. The lowest BCUT2D eigenvalue weighted by Crippen LogP contribution is -2.51. The maximum Gasteiger partial charge on any atom is 0.227 e. The third-order valence-electron chi connectivity index (χ3n) is 4.96. The first kappa shape index (κ1) is 17.4. The lowest BCUT2D eigenvalue weighted by molar-refractivity contribution is -0.132. The minimum absolute atomic E-state index is 0.0669. The van der Waals surface area contributed by atoms with E-state index < -0.39 is 5.41 Å². The van der Waals surface area contributed by atoms with Gasteiger partial charge in [-0.25, -0.2) is 0 Å². The number of hydrogen-bond acceptors (Lipinski definition) is 4. The summed E-state index contributed by atoms with van der Waals surface area (Å²) in [5.74, 6) is 0.0963. The number of carbonyl (C=O) groups excluding carboxylic acids is 1. The van der Waals surface area contributed by atoms with E-state index in [1.54, 1.807) is 7.11 Å². The summed E-state index contributed by atoms with van der Waals surface area (Å²) in [6.45, 7) is 7.83. The zero-order valence-corrected chi connectivity index (χ0v) is 13.3. The molecule has 0 aromatic heterocycles. The van der Waals surface area contributed by atoms with Crippen LogP contribution in [0, 0.1) is 10.8 Å². The van der Waals surface area contributed by atoms with Crippen LogP contribution in [0.3, 0.4) is 0 Å². The Kier molecular flexibility index (Phi) is 6.92. The van der Waals surface area contributed by atoms with Crippen molar-refractivity contribution >= 4 is 5.91 Å². The van der Waals surface area contributed by atoms with Crippen molar-refractivity contribution < 1.29 is 9.53 Å². The van der Waals surface area contributed by atoms with Gasteiger partial charge in [-0.1, -0.05) is 13.8 Å². The molecule has 5 heteroatoms. The van der Waals surface area contributed by atoms with E-state index in [0.29, 0.717) is 19.7 Å². The highest BCUT2D eigenvalue weighted by Crippen LogP contribution is 2.30. The summed E-state index contributed by atoms with van der Waals surface area (Å²) in [4.78, 5) is 12.5. The van der Waals surface area contributed by atoms with Gasteiger partial charge < -0.3 is 21.1 Å². The third kappa shape index (κ3) is 3.93. The summed E-state index contributed by atoms with van der Waals surface area (Å²) in [6, 6.07) is 0. The summed E-state index contributed by atoms with van der Waals surface area (Å²) in [5, 5.41) is 6.51. The molecule has 4 N–H and O–H groups in total. The molecule has 1 rings (SSSR count). The van der Waals surface area contributed by atoms with Crippen molar-refractivity contribution in [3.8, 4) is 0 Å². The second-order valence-corrected chi connectivity index (χ2v) is 6.06. The van der Waals surface area contributed by atoms with Crippen LogP contribution in [-0.2, 0) is 9.53 Å². The monoisotopic (exact) mass is 285 g/mol. The van der Waals surface area contributed by atoms with Gasteiger partial charge in [0.25, 0.3) is 0 Å². The van der Waals surface area contributed by atoms with Gasteiger partial charge in [0.1, 0.15) is 0 Å². The molecule has 1 saturated heterocycles. The van der Waals surface area contributed by atoms with E-state index in [1.807, 2.05) is 13.8 Å². The molecular formula is C15H31N3O2. The number of nitrogens with two attached hydrogens (primary N) is 1. The van der Waals surface area contributed by atoms with Gasteiger partial charge in [0.2, 0.25) is 5.91 Å². The largest absolute Gasteiger partial charge is 0.384 e. The van der Waals surface area contributed by atoms with Crippen molar-refractivity contribution in [3.63, 3.8) is 0 Å². The van der Waals surface area contributed by atoms with Gasteiger partial charge in [0, 0.05) is 25.6 Å². The number of carbonyl (C=O) groups is 1. The first-order valence-electron chi connectivity index (χ1n) is 7.76. The molecule has 0 atom stereocenters. The molecule has 0 radical (unpaired) electrons. The zero-order valence-electron chi connectivity index (χ0n) is 13.3. The lowest BCUT2D eigenvalue weighted by Gasteiger charge is -2.38. The quantitative estimate of drug-likeness (QED) is 0.619. The Labute approximate surface area is 123 Å². The number of piperidine rings is 1. The highest BCUT2D eigenvalue weighted by Gasteiger charge is 2.37. The van der Waals surface area contributed by atoms with Crippen molar-refractivity contribution in [3.05, 3.63) is 0 Å². The van der Waals surface area contributed by atoms with E-state index in [2.05, 4.69) is 10.6 Å². The van der Waals surface area contributed by atoms with Crippen LogP contribution in [-0.4, -0.2) is 45.8 Å². The molecule has 1 heterocycles. The second-order valence-electron chi connectivity index (χ2n) is 6.06. The number of ether oxygens (including phenoxy) is 1. The normalized spacial score (nSPS) is 18.8. The topological polar surface area (TPSA) is 76.4 Å². The highest BCUT2D eigenvalue weighted by molar-refractivity contribution is 5.82. The van der Waals surface area contributed by atoms with Crippen LogP contribution < -0.4 is 16.4 Å². The van der Waals surface area contributed by atoms with E-state index in [0.717, 1.165) is 38.8 Å². The molecule has 0 unspecified atom stereocenters. The molecule has 1 aliphatic heterocycles. The smallest absolute Gasteiger partial charge is 0.227 e. The van der Waals surface area contributed by atoms with Crippen molar-refractivity contribution in [2.45, 2.75) is 39.5 Å². The molecule has 0 aliphatic carbocycles. The number of nitrogens with one attached hydrogen (secondary N) is 2. The van der Waals surface area contributed by atoms with Crippen LogP contribution in [0.15, 0.2) is 0 Å². The number of methoxy groups -OCH3 is 1. The van der Waals surface area contributed by atoms with Crippen molar-refractivity contribution in [1.29, 1.82) is 0 Å². The molecule has 5 nitrogen and oxygen atoms in total. The zero-order chi connectivity index (χ0) is 15.1. The summed E-state index contributed by atoms with van der Waals surface area (Å²) < 4.78 is 5.38. The van der Waals surface area contributed by atoms with Crippen molar-refractivity contribution in [2.24, 2.45) is 16.6 Å². The summed E-state index contributed by atoms with van der Waals surface area (Å²) in [5.41, 5.74) is 5.49. The molecule has 0 aromatic carbocycles. The third-order valence-corrected chi connectivity index (χ3v) is 4.96. The molecule has 0 bridgehead atoms. The average Bonchev–Trinajstić information content (AvgIpc) is 2.49. The highest BCUT2D eigenvalue weighted by atomic mass is 16.5. The predicted molar refractivity (Wildman–Crippen MR) is 81.5 cm³/mol. The van der Waals surface area contributed by atoms with Crippen LogP contribution in [0.2, 0.25) is 0 Å². The standard InChI is InChI=1S/C15H31N3O2/c1-4-15(5-2,10-16)13(19)18-11-14(12-20-3)6-8-17-9-7-14/h17H,4-12,16H2,1-3H3,(H,18,19). The Morgan fingerprint density at radius 1 is 1.35 bits per heavy atom. The van der Waals surface area contributed by atoms with Crippen LogP contribution >= 0.6 is 0 Å². The lowest BCUT2D eigenvalue weighted by atomic mass is 9.78. The van der Waals surface area contributed by atoms with E-state index in [-0.39, 0.29) is 11.3 Å².